The van der Waals surface area contributed by atoms with Gasteiger partial charge in [-0.2, -0.15) is 5.26 Å². The molecule has 16 heavy (non-hydrogen) atoms. The fraction of sp³-hybridized carbons (Fsp3) is 0.0769. The Morgan fingerprint density at radius 3 is 2.56 bits per heavy atom. The summed E-state index contributed by atoms with van der Waals surface area (Å²) in [5, 5.41) is 10.6. The van der Waals surface area contributed by atoms with E-state index in [1.807, 2.05) is 12.1 Å². The van der Waals surface area contributed by atoms with Crippen molar-refractivity contribution in [2.45, 2.75) is 6.92 Å². The standard InChI is InChI=1S/C13H9NO2/c1-9(15)16-13-5-4-11-6-10(8-14)2-3-12(11)7-13/h2-7H,1H3. The van der Waals surface area contributed by atoms with Gasteiger partial charge in [0.05, 0.1) is 11.6 Å². The molecule has 0 aliphatic rings. The van der Waals surface area contributed by atoms with E-state index < -0.39 is 0 Å². The van der Waals surface area contributed by atoms with Gasteiger partial charge in [0.15, 0.2) is 0 Å². The van der Waals surface area contributed by atoms with E-state index in [0.717, 1.165) is 10.8 Å². The summed E-state index contributed by atoms with van der Waals surface area (Å²) in [6, 6.07) is 12.8. The maximum Gasteiger partial charge on any atom is 0.308 e. The monoisotopic (exact) mass is 211 g/mol. The Balaban J connectivity index is 2.48. The van der Waals surface area contributed by atoms with E-state index in [-0.39, 0.29) is 5.97 Å². The fourth-order valence-corrected chi connectivity index (χ4v) is 1.52. The van der Waals surface area contributed by atoms with Crippen LogP contribution in [0.4, 0.5) is 0 Å². The van der Waals surface area contributed by atoms with Crippen molar-refractivity contribution in [3.05, 3.63) is 42.0 Å². The molecule has 0 saturated carbocycles. The Morgan fingerprint density at radius 1 is 1.19 bits per heavy atom. The summed E-state index contributed by atoms with van der Waals surface area (Å²) in [6.45, 7) is 1.36. The van der Waals surface area contributed by atoms with Gasteiger partial charge >= 0.3 is 5.97 Å². The predicted molar refractivity (Wildman–Crippen MR) is 60.0 cm³/mol. The third-order valence-corrected chi connectivity index (χ3v) is 2.20. The Kier molecular flexibility index (Phi) is 2.57. The van der Waals surface area contributed by atoms with Crippen molar-refractivity contribution in [1.82, 2.24) is 0 Å². The van der Waals surface area contributed by atoms with Gasteiger partial charge in [0, 0.05) is 6.92 Å². The molecule has 0 aliphatic heterocycles. The fourth-order valence-electron chi connectivity index (χ4n) is 1.52. The first kappa shape index (κ1) is 10.2. The summed E-state index contributed by atoms with van der Waals surface area (Å²) in [6.07, 6.45) is 0. The molecule has 0 radical (unpaired) electrons. The molecule has 78 valence electrons. The third-order valence-electron chi connectivity index (χ3n) is 2.20. The van der Waals surface area contributed by atoms with Crippen molar-refractivity contribution in [1.29, 1.82) is 5.26 Å². The van der Waals surface area contributed by atoms with E-state index in [1.54, 1.807) is 24.3 Å². The van der Waals surface area contributed by atoms with E-state index in [0.29, 0.717) is 11.3 Å². The number of hydrogen-bond acceptors (Lipinski definition) is 3. The number of hydrogen-bond donors (Lipinski definition) is 0. The SMILES string of the molecule is CC(=O)Oc1ccc2cc(C#N)ccc2c1. The quantitative estimate of drug-likeness (QED) is 0.538. The zero-order chi connectivity index (χ0) is 11.5. The van der Waals surface area contributed by atoms with Crippen molar-refractivity contribution in [3.63, 3.8) is 0 Å². The summed E-state index contributed by atoms with van der Waals surface area (Å²) in [7, 11) is 0. The van der Waals surface area contributed by atoms with Crippen molar-refractivity contribution in [3.8, 4) is 11.8 Å². The normalized spacial score (nSPS) is 9.75. The van der Waals surface area contributed by atoms with Crippen LogP contribution >= 0.6 is 0 Å². The van der Waals surface area contributed by atoms with Crippen LogP contribution < -0.4 is 4.74 Å². The zero-order valence-electron chi connectivity index (χ0n) is 8.73. The number of carbonyl (C=O) groups excluding carboxylic acids is 1. The van der Waals surface area contributed by atoms with Crippen LogP contribution in [-0.4, -0.2) is 5.97 Å². The molecule has 0 unspecified atom stereocenters. The molecule has 2 rings (SSSR count). The molecule has 2 aromatic rings. The van der Waals surface area contributed by atoms with Crippen molar-refractivity contribution in [2.75, 3.05) is 0 Å². The molecule has 3 heteroatoms. The van der Waals surface area contributed by atoms with Crippen LogP contribution in [0.1, 0.15) is 12.5 Å². The summed E-state index contributed by atoms with van der Waals surface area (Å²) >= 11 is 0. The van der Waals surface area contributed by atoms with Gasteiger partial charge in [-0.3, -0.25) is 4.79 Å². The molecule has 0 aliphatic carbocycles. The topological polar surface area (TPSA) is 50.1 Å². The van der Waals surface area contributed by atoms with Crippen LogP contribution in [-0.2, 0) is 4.79 Å². The molecule has 0 N–H and O–H groups in total. The minimum Gasteiger partial charge on any atom is -0.427 e. The number of esters is 1. The highest BCUT2D eigenvalue weighted by molar-refractivity contribution is 5.85. The first-order valence-corrected chi connectivity index (χ1v) is 4.81. The van der Waals surface area contributed by atoms with Crippen molar-refractivity contribution in [2.24, 2.45) is 0 Å². The molecule has 3 nitrogen and oxygen atoms in total. The lowest BCUT2D eigenvalue weighted by Gasteiger charge is -2.03. The number of rotatable bonds is 1. The summed E-state index contributed by atoms with van der Waals surface area (Å²) in [5.74, 6) is 0.178. The van der Waals surface area contributed by atoms with Crippen LogP contribution in [0.3, 0.4) is 0 Å². The summed E-state index contributed by atoms with van der Waals surface area (Å²) in [4.78, 5) is 10.8. The molecule has 0 bridgehead atoms. The number of ether oxygens (including phenoxy) is 1. The van der Waals surface area contributed by atoms with Crippen LogP contribution in [0.2, 0.25) is 0 Å². The largest absolute Gasteiger partial charge is 0.427 e. The number of nitriles is 1. The predicted octanol–water partition coefficient (Wildman–Crippen LogP) is 2.64. The van der Waals surface area contributed by atoms with Crippen molar-refractivity contribution >= 4 is 16.7 Å². The maximum atomic E-state index is 10.8. The minimum atomic E-state index is -0.340. The van der Waals surface area contributed by atoms with Gasteiger partial charge < -0.3 is 4.74 Å². The molecule has 0 heterocycles. The average molecular weight is 211 g/mol. The molecule has 0 atom stereocenters. The number of fused-ring (bicyclic) bond motifs is 1. The highest BCUT2D eigenvalue weighted by atomic mass is 16.5. The van der Waals surface area contributed by atoms with Gasteiger partial charge in [0.1, 0.15) is 5.75 Å². The lowest BCUT2D eigenvalue weighted by Crippen LogP contribution is -2.00. The number of benzene rings is 2. The lowest BCUT2D eigenvalue weighted by atomic mass is 10.1. The second-order valence-electron chi connectivity index (χ2n) is 3.43. The molecular weight excluding hydrogens is 202 g/mol. The van der Waals surface area contributed by atoms with Gasteiger partial charge in [-0.1, -0.05) is 12.1 Å². The van der Waals surface area contributed by atoms with Gasteiger partial charge in [0.2, 0.25) is 0 Å². The van der Waals surface area contributed by atoms with Crippen LogP contribution in [0.5, 0.6) is 5.75 Å². The Morgan fingerprint density at radius 2 is 1.88 bits per heavy atom. The molecule has 0 aromatic heterocycles. The highest BCUT2D eigenvalue weighted by Gasteiger charge is 2.01. The van der Waals surface area contributed by atoms with E-state index in [1.165, 1.54) is 6.92 Å². The van der Waals surface area contributed by atoms with Crippen LogP contribution in [0.25, 0.3) is 10.8 Å². The molecule has 2 aromatic carbocycles. The van der Waals surface area contributed by atoms with Crippen LogP contribution in [0, 0.1) is 11.3 Å². The van der Waals surface area contributed by atoms with Crippen LogP contribution in [0.15, 0.2) is 36.4 Å². The molecule has 0 amide bonds. The third kappa shape index (κ3) is 2.01. The molecule has 0 saturated heterocycles. The molecule has 0 fully saturated rings. The van der Waals surface area contributed by atoms with E-state index in [2.05, 4.69) is 6.07 Å². The smallest absolute Gasteiger partial charge is 0.308 e. The second kappa shape index (κ2) is 4.03. The number of carbonyl (C=O) groups is 1. The van der Waals surface area contributed by atoms with E-state index in [9.17, 15) is 4.79 Å². The average Bonchev–Trinajstić information content (AvgIpc) is 2.27. The van der Waals surface area contributed by atoms with Crippen molar-refractivity contribution < 1.29 is 9.53 Å². The highest BCUT2D eigenvalue weighted by Crippen LogP contribution is 2.21. The molecule has 0 spiro atoms. The Bertz CT molecular complexity index is 596. The number of nitrogens with zero attached hydrogens (tertiary/aromatic N) is 1. The zero-order valence-corrected chi connectivity index (χ0v) is 8.73. The minimum absolute atomic E-state index is 0.340. The first-order valence-electron chi connectivity index (χ1n) is 4.81. The van der Waals surface area contributed by atoms with E-state index >= 15 is 0 Å². The van der Waals surface area contributed by atoms with Gasteiger partial charge in [-0.05, 0) is 35.0 Å². The second-order valence-corrected chi connectivity index (χ2v) is 3.43. The van der Waals surface area contributed by atoms with Gasteiger partial charge in [0.25, 0.3) is 0 Å². The van der Waals surface area contributed by atoms with Gasteiger partial charge in [-0.25, -0.2) is 0 Å². The lowest BCUT2D eigenvalue weighted by molar-refractivity contribution is -0.131. The first-order chi connectivity index (χ1) is 7.69. The summed E-state index contributed by atoms with van der Waals surface area (Å²) < 4.78 is 4.97. The summed E-state index contributed by atoms with van der Waals surface area (Å²) in [5.41, 5.74) is 0.618. The van der Waals surface area contributed by atoms with E-state index in [4.69, 9.17) is 10.00 Å². The Hall–Kier alpha value is -2.34. The Labute approximate surface area is 92.9 Å². The maximum absolute atomic E-state index is 10.8. The van der Waals surface area contributed by atoms with Gasteiger partial charge in [-0.15, -0.1) is 0 Å². The molecular formula is C13H9NO2.